The SMILES string of the molecule is O=C(c1csc(Br)c1)N1CCC2CCC(C1)N2. The second kappa shape index (κ2) is 4.71. The van der Waals surface area contributed by atoms with Gasteiger partial charge < -0.3 is 10.2 Å². The molecule has 2 unspecified atom stereocenters. The number of carbonyl (C=O) groups excluding carboxylic acids is 1. The largest absolute Gasteiger partial charge is 0.337 e. The van der Waals surface area contributed by atoms with Gasteiger partial charge in [0.1, 0.15) is 0 Å². The molecule has 1 N–H and O–H groups in total. The summed E-state index contributed by atoms with van der Waals surface area (Å²) >= 11 is 4.98. The molecular weight excluding hydrogens is 300 g/mol. The monoisotopic (exact) mass is 314 g/mol. The van der Waals surface area contributed by atoms with Gasteiger partial charge >= 0.3 is 0 Å². The van der Waals surface area contributed by atoms with Gasteiger partial charge in [0.2, 0.25) is 0 Å². The van der Waals surface area contributed by atoms with Crippen molar-refractivity contribution in [3.05, 3.63) is 20.8 Å². The fourth-order valence-corrected chi connectivity index (χ4v) is 3.86. The number of hydrogen-bond acceptors (Lipinski definition) is 3. The van der Waals surface area contributed by atoms with Crippen LogP contribution in [0.3, 0.4) is 0 Å². The molecule has 2 fully saturated rings. The molecule has 17 heavy (non-hydrogen) atoms. The van der Waals surface area contributed by atoms with Gasteiger partial charge in [0, 0.05) is 30.6 Å². The van der Waals surface area contributed by atoms with Crippen molar-refractivity contribution < 1.29 is 4.79 Å². The molecule has 0 saturated carbocycles. The van der Waals surface area contributed by atoms with Crippen LogP contribution in [0.5, 0.6) is 0 Å². The van der Waals surface area contributed by atoms with E-state index in [9.17, 15) is 4.79 Å². The van der Waals surface area contributed by atoms with E-state index in [-0.39, 0.29) is 5.91 Å². The van der Waals surface area contributed by atoms with Gasteiger partial charge in [0.15, 0.2) is 0 Å². The summed E-state index contributed by atoms with van der Waals surface area (Å²) in [5, 5.41) is 5.53. The quantitative estimate of drug-likeness (QED) is 0.863. The maximum Gasteiger partial charge on any atom is 0.254 e. The maximum atomic E-state index is 12.3. The Labute approximate surface area is 113 Å². The Morgan fingerprint density at radius 2 is 2.24 bits per heavy atom. The van der Waals surface area contributed by atoms with Crippen LogP contribution in [-0.4, -0.2) is 36.0 Å². The molecule has 92 valence electrons. The van der Waals surface area contributed by atoms with Crippen molar-refractivity contribution in [2.24, 2.45) is 0 Å². The van der Waals surface area contributed by atoms with Crippen LogP contribution in [0.15, 0.2) is 15.2 Å². The first-order valence-electron chi connectivity index (χ1n) is 6.02. The number of halogens is 1. The number of fused-ring (bicyclic) bond motifs is 2. The minimum atomic E-state index is 0.182. The third-order valence-electron chi connectivity index (χ3n) is 3.62. The number of carbonyl (C=O) groups is 1. The minimum Gasteiger partial charge on any atom is -0.337 e. The number of thiophene rings is 1. The van der Waals surface area contributed by atoms with E-state index in [0.717, 1.165) is 28.9 Å². The van der Waals surface area contributed by atoms with E-state index in [1.807, 2.05) is 16.3 Å². The number of likely N-dealkylation sites (tertiary alicyclic amines) is 1. The molecule has 3 rings (SSSR count). The van der Waals surface area contributed by atoms with Crippen LogP contribution in [0.4, 0.5) is 0 Å². The van der Waals surface area contributed by atoms with E-state index >= 15 is 0 Å². The van der Waals surface area contributed by atoms with Gasteiger partial charge in [0.25, 0.3) is 5.91 Å². The zero-order valence-electron chi connectivity index (χ0n) is 9.49. The number of nitrogens with zero attached hydrogens (tertiary/aromatic N) is 1. The van der Waals surface area contributed by atoms with Crippen molar-refractivity contribution >= 4 is 33.2 Å². The van der Waals surface area contributed by atoms with E-state index < -0.39 is 0 Å². The Bertz CT molecular complexity index is 434. The predicted molar refractivity (Wildman–Crippen MR) is 72.5 cm³/mol. The Morgan fingerprint density at radius 1 is 1.41 bits per heavy atom. The lowest BCUT2D eigenvalue weighted by atomic mass is 10.1. The molecular formula is C12H15BrN2OS. The summed E-state index contributed by atoms with van der Waals surface area (Å²) < 4.78 is 1.02. The van der Waals surface area contributed by atoms with Gasteiger partial charge in [-0.1, -0.05) is 0 Å². The van der Waals surface area contributed by atoms with Crippen molar-refractivity contribution in [3.8, 4) is 0 Å². The molecule has 1 aromatic heterocycles. The van der Waals surface area contributed by atoms with Crippen molar-refractivity contribution in [1.29, 1.82) is 0 Å². The van der Waals surface area contributed by atoms with Gasteiger partial charge in [-0.3, -0.25) is 4.79 Å². The minimum absolute atomic E-state index is 0.182. The van der Waals surface area contributed by atoms with Crippen LogP contribution in [0.25, 0.3) is 0 Å². The van der Waals surface area contributed by atoms with Gasteiger partial charge in [-0.25, -0.2) is 0 Å². The van der Waals surface area contributed by atoms with Crippen LogP contribution < -0.4 is 5.32 Å². The molecule has 2 aliphatic rings. The van der Waals surface area contributed by atoms with Crippen LogP contribution in [0.1, 0.15) is 29.6 Å². The summed E-state index contributed by atoms with van der Waals surface area (Å²) in [6.45, 7) is 1.75. The summed E-state index contributed by atoms with van der Waals surface area (Å²) in [7, 11) is 0. The summed E-state index contributed by atoms with van der Waals surface area (Å²) in [6.07, 6.45) is 3.58. The van der Waals surface area contributed by atoms with E-state index in [1.165, 1.54) is 12.8 Å². The fraction of sp³-hybridized carbons (Fsp3) is 0.583. The molecule has 0 radical (unpaired) electrons. The Morgan fingerprint density at radius 3 is 3.00 bits per heavy atom. The highest BCUT2D eigenvalue weighted by atomic mass is 79.9. The Hall–Kier alpha value is -0.390. The molecule has 1 amide bonds. The lowest BCUT2D eigenvalue weighted by Gasteiger charge is -2.23. The highest BCUT2D eigenvalue weighted by Crippen LogP contribution is 2.25. The van der Waals surface area contributed by atoms with E-state index in [2.05, 4.69) is 21.2 Å². The number of amides is 1. The van der Waals surface area contributed by atoms with Crippen LogP contribution in [0, 0.1) is 0 Å². The molecule has 1 aromatic rings. The number of rotatable bonds is 1. The molecule has 0 aromatic carbocycles. The first kappa shape index (κ1) is 11.7. The van der Waals surface area contributed by atoms with Gasteiger partial charge in [-0.2, -0.15) is 0 Å². The molecule has 3 nitrogen and oxygen atoms in total. The molecule has 2 saturated heterocycles. The molecule has 2 bridgehead atoms. The topological polar surface area (TPSA) is 32.3 Å². The maximum absolute atomic E-state index is 12.3. The van der Waals surface area contributed by atoms with Crippen LogP contribution >= 0.6 is 27.3 Å². The fourth-order valence-electron chi connectivity index (χ4n) is 2.73. The van der Waals surface area contributed by atoms with E-state index in [0.29, 0.717) is 12.1 Å². The highest BCUT2D eigenvalue weighted by molar-refractivity contribution is 9.11. The summed E-state index contributed by atoms with van der Waals surface area (Å²) in [5.74, 6) is 0.182. The molecule has 3 heterocycles. The number of hydrogen-bond donors (Lipinski definition) is 1. The van der Waals surface area contributed by atoms with Crippen molar-refractivity contribution in [2.75, 3.05) is 13.1 Å². The smallest absolute Gasteiger partial charge is 0.254 e. The second-order valence-electron chi connectivity index (χ2n) is 4.82. The molecule has 2 atom stereocenters. The second-order valence-corrected chi connectivity index (χ2v) is 7.11. The van der Waals surface area contributed by atoms with E-state index in [1.54, 1.807) is 11.3 Å². The molecule has 2 aliphatic heterocycles. The summed E-state index contributed by atoms with van der Waals surface area (Å²) in [6, 6.07) is 3.06. The Kier molecular flexibility index (Phi) is 3.23. The third kappa shape index (κ3) is 2.41. The number of nitrogens with one attached hydrogen (secondary N) is 1. The normalized spacial score (nSPS) is 28.2. The zero-order chi connectivity index (χ0) is 11.8. The van der Waals surface area contributed by atoms with E-state index in [4.69, 9.17) is 0 Å². The molecule has 0 spiro atoms. The summed E-state index contributed by atoms with van der Waals surface area (Å²) in [5.41, 5.74) is 0.819. The predicted octanol–water partition coefficient (Wildman–Crippen LogP) is 2.48. The Balaban J connectivity index is 1.73. The van der Waals surface area contributed by atoms with Gasteiger partial charge in [-0.15, -0.1) is 11.3 Å². The average molecular weight is 315 g/mol. The highest BCUT2D eigenvalue weighted by Gasteiger charge is 2.31. The van der Waals surface area contributed by atoms with Crippen molar-refractivity contribution in [2.45, 2.75) is 31.3 Å². The van der Waals surface area contributed by atoms with Crippen molar-refractivity contribution in [3.63, 3.8) is 0 Å². The lowest BCUT2D eigenvalue weighted by molar-refractivity contribution is 0.0748. The zero-order valence-corrected chi connectivity index (χ0v) is 11.9. The van der Waals surface area contributed by atoms with Gasteiger partial charge in [0.05, 0.1) is 9.35 Å². The van der Waals surface area contributed by atoms with Crippen molar-refractivity contribution in [1.82, 2.24) is 10.2 Å². The summed E-state index contributed by atoms with van der Waals surface area (Å²) in [4.78, 5) is 14.3. The third-order valence-corrected chi connectivity index (χ3v) is 5.13. The first-order chi connectivity index (χ1) is 8.22. The van der Waals surface area contributed by atoms with Crippen LogP contribution in [0.2, 0.25) is 0 Å². The first-order valence-corrected chi connectivity index (χ1v) is 7.69. The van der Waals surface area contributed by atoms with Gasteiger partial charge in [-0.05, 0) is 41.3 Å². The molecule has 0 aliphatic carbocycles. The lowest BCUT2D eigenvalue weighted by Crippen LogP contribution is -2.38. The standard InChI is InChI=1S/C12H15BrN2OS/c13-11-5-8(7-17-11)12(16)15-4-3-9-1-2-10(6-15)14-9/h5,7,9-10,14H,1-4,6H2. The van der Waals surface area contributed by atoms with Crippen LogP contribution in [-0.2, 0) is 0 Å². The molecule has 5 heteroatoms. The average Bonchev–Trinajstić information content (AvgIpc) is 2.84.